The van der Waals surface area contributed by atoms with Crippen LogP contribution in [-0.4, -0.2) is 52.1 Å². The number of aliphatic carboxylic acids is 1. The van der Waals surface area contributed by atoms with E-state index in [2.05, 4.69) is 0 Å². The smallest absolute Gasteiger partial charge is 0.323 e. The first kappa shape index (κ1) is 13.2. The zero-order valence-corrected chi connectivity index (χ0v) is 11.0. The van der Waals surface area contributed by atoms with Gasteiger partial charge < -0.3 is 14.9 Å². The molecular weight excluding hydrogens is 232 g/mol. The van der Waals surface area contributed by atoms with E-state index in [1.807, 2.05) is 11.8 Å². The van der Waals surface area contributed by atoms with Gasteiger partial charge in [0.1, 0.15) is 6.54 Å². The van der Waals surface area contributed by atoms with E-state index in [1.165, 1.54) is 0 Å². The van der Waals surface area contributed by atoms with Crippen LogP contribution in [0.3, 0.4) is 0 Å². The summed E-state index contributed by atoms with van der Waals surface area (Å²) in [6.45, 7) is 2.48. The molecule has 1 N–H and O–H groups in total. The highest BCUT2D eigenvalue weighted by Crippen LogP contribution is 2.30. The first-order chi connectivity index (χ1) is 8.63. The van der Waals surface area contributed by atoms with Gasteiger partial charge >= 0.3 is 12.0 Å². The molecule has 0 atom stereocenters. The first-order valence-electron chi connectivity index (χ1n) is 6.92. The fraction of sp³-hybridized carbons (Fsp3) is 0.846. The first-order valence-corrected chi connectivity index (χ1v) is 6.92. The topological polar surface area (TPSA) is 60.9 Å². The number of nitrogens with zero attached hydrogens (tertiary/aromatic N) is 2. The molecule has 0 aliphatic heterocycles. The van der Waals surface area contributed by atoms with Crippen LogP contribution in [0.15, 0.2) is 0 Å². The molecule has 5 nitrogen and oxygen atoms in total. The molecular formula is C13H22N2O3. The number of amides is 2. The number of carbonyl (C=O) groups is 2. The molecule has 2 aliphatic rings. The van der Waals surface area contributed by atoms with Crippen molar-refractivity contribution in [2.45, 2.75) is 57.5 Å². The molecule has 0 radical (unpaired) electrons. The minimum absolute atomic E-state index is 0.0747. The predicted molar refractivity (Wildman–Crippen MR) is 67.4 cm³/mol. The standard InChI is InChI=1S/C13H22N2O3/c1-2-14(11-7-8-11)13(18)15(9-12(16)17)10-5-3-4-6-10/h10-11H,2-9H2,1H3,(H,16,17). The van der Waals surface area contributed by atoms with Gasteiger partial charge in [0.2, 0.25) is 0 Å². The summed E-state index contributed by atoms with van der Waals surface area (Å²) in [6.07, 6.45) is 6.21. The van der Waals surface area contributed by atoms with Crippen LogP contribution in [0, 0.1) is 0 Å². The number of urea groups is 1. The molecule has 102 valence electrons. The highest BCUT2D eigenvalue weighted by molar-refractivity contribution is 5.81. The van der Waals surface area contributed by atoms with Crippen molar-refractivity contribution in [2.24, 2.45) is 0 Å². The van der Waals surface area contributed by atoms with Crippen LogP contribution in [0.5, 0.6) is 0 Å². The SMILES string of the molecule is CCN(C(=O)N(CC(=O)O)C1CCCC1)C1CC1. The average Bonchev–Trinajstić information content (AvgIpc) is 3.01. The van der Waals surface area contributed by atoms with E-state index in [1.54, 1.807) is 4.90 Å². The lowest BCUT2D eigenvalue weighted by Crippen LogP contribution is -2.50. The number of carbonyl (C=O) groups excluding carboxylic acids is 1. The van der Waals surface area contributed by atoms with Crippen molar-refractivity contribution in [3.63, 3.8) is 0 Å². The molecule has 0 unspecified atom stereocenters. The zero-order valence-electron chi connectivity index (χ0n) is 11.0. The monoisotopic (exact) mass is 254 g/mol. The Balaban J connectivity index is 2.05. The van der Waals surface area contributed by atoms with E-state index in [4.69, 9.17) is 5.11 Å². The second-order valence-corrected chi connectivity index (χ2v) is 5.26. The normalized spacial score (nSPS) is 19.8. The van der Waals surface area contributed by atoms with Gasteiger partial charge in [-0.25, -0.2) is 4.79 Å². The van der Waals surface area contributed by atoms with E-state index in [0.717, 1.165) is 38.5 Å². The van der Waals surface area contributed by atoms with Gasteiger partial charge in [0, 0.05) is 18.6 Å². The number of carboxylic acid groups (broad SMARTS) is 1. The summed E-state index contributed by atoms with van der Waals surface area (Å²) >= 11 is 0. The maximum atomic E-state index is 12.5. The van der Waals surface area contributed by atoms with Crippen molar-refractivity contribution in [3.8, 4) is 0 Å². The third kappa shape index (κ3) is 2.94. The Labute approximate surface area is 108 Å². The predicted octanol–water partition coefficient (Wildman–Crippen LogP) is 1.92. The molecule has 2 fully saturated rings. The summed E-state index contributed by atoms with van der Waals surface area (Å²) in [6, 6.07) is 0.399. The molecule has 0 aromatic rings. The summed E-state index contributed by atoms with van der Waals surface area (Å²) in [5, 5.41) is 8.99. The minimum Gasteiger partial charge on any atom is -0.480 e. The fourth-order valence-electron chi connectivity index (χ4n) is 2.82. The van der Waals surface area contributed by atoms with E-state index in [-0.39, 0.29) is 18.6 Å². The molecule has 2 rings (SSSR count). The second-order valence-electron chi connectivity index (χ2n) is 5.26. The van der Waals surface area contributed by atoms with Crippen molar-refractivity contribution >= 4 is 12.0 Å². The Kier molecular flexibility index (Phi) is 4.09. The van der Waals surface area contributed by atoms with E-state index in [9.17, 15) is 9.59 Å². The van der Waals surface area contributed by atoms with Crippen LogP contribution < -0.4 is 0 Å². The van der Waals surface area contributed by atoms with Crippen LogP contribution in [-0.2, 0) is 4.79 Å². The molecule has 0 aromatic heterocycles. The second kappa shape index (κ2) is 5.59. The number of rotatable bonds is 5. The van der Waals surface area contributed by atoms with Gasteiger partial charge in [0.05, 0.1) is 0 Å². The Hall–Kier alpha value is -1.26. The Morgan fingerprint density at radius 1 is 1.06 bits per heavy atom. The molecule has 0 heterocycles. The zero-order chi connectivity index (χ0) is 13.1. The van der Waals surface area contributed by atoms with Crippen LogP contribution in [0.1, 0.15) is 45.4 Å². The van der Waals surface area contributed by atoms with Crippen molar-refractivity contribution in [1.29, 1.82) is 0 Å². The quantitative estimate of drug-likeness (QED) is 0.815. The van der Waals surface area contributed by atoms with Crippen molar-refractivity contribution in [3.05, 3.63) is 0 Å². The molecule has 0 aromatic carbocycles. The highest BCUT2D eigenvalue weighted by Gasteiger charge is 2.37. The third-order valence-corrected chi connectivity index (χ3v) is 3.89. The van der Waals surface area contributed by atoms with Gasteiger partial charge in [0.25, 0.3) is 0 Å². The maximum absolute atomic E-state index is 12.5. The van der Waals surface area contributed by atoms with E-state index < -0.39 is 5.97 Å². The van der Waals surface area contributed by atoms with Crippen molar-refractivity contribution in [1.82, 2.24) is 9.80 Å². The largest absolute Gasteiger partial charge is 0.480 e. The lowest BCUT2D eigenvalue weighted by molar-refractivity contribution is -0.138. The molecule has 2 amide bonds. The van der Waals surface area contributed by atoms with Crippen LogP contribution in [0.4, 0.5) is 4.79 Å². The van der Waals surface area contributed by atoms with E-state index in [0.29, 0.717) is 12.6 Å². The molecule has 5 heteroatoms. The molecule has 0 saturated heterocycles. The maximum Gasteiger partial charge on any atom is 0.323 e. The lowest BCUT2D eigenvalue weighted by Gasteiger charge is -2.33. The Bertz CT molecular complexity index is 322. The minimum atomic E-state index is -0.915. The third-order valence-electron chi connectivity index (χ3n) is 3.89. The summed E-state index contributed by atoms with van der Waals surface area (Å²) in [5.41, 5.74) is 0. The van der Waals surface area contributed by atoms with Gasteiger partial charge in [-0.3, -0.25) is 4.79 Å². The number of carboxylic acids is 1. The summed E-state index contributed by atoms with van der Waals surface area (Å²) < 4.78 is 0. The average molecular weight is 254 g/mol. The van der Waals surface area contributed by atoms with Crippen LogP contribution in [0.2, 0.25) is 0 Å². The van der Waals surface area contributed by atoms with Gasteiger partial charge in [-0.05, 0) is 32.6 Å². The van der Waals surface area contributed by atoms with Crippen LogP contribution in [0.25, 0.3) is 0 Å². The van der Waals surface area contributed by atoms with Gasteiger partial charge in [-0.2, -0.15) is 0 Å². The Morgan fingerprint density at radius 2 is 1.61 bits per heavy atom. The van der Waals surface area contributed by atoms with Crippen molar-refractivity contribution in [2.75, 3.05) is 13.1 Å². The van der Waals surface area contributed by atoms with Gasteiger partial charge in [0.15, 0.2) is 0 Å². The molecule has 18 heavy (non-hydrogen) atoms. The highest BCUT2D eigenvalue weighted by atomic mass is 16.4. The lowest BCUT2D eigenvalue weighted by atomic mass is 10.2. The molecule has 0 bridgehead atoms. The number of hydrogen-bond donors (Lipinski definition) is 1. The van der Waals surface area contributed by atoms with Gasteiger partial charge in [-0.1, -0.05) is 12.8 Å². The van der Waals surface area contributed by atoms with E-state index >= 15 is 0 Å². The molecule has 0 spiro atoms. The summed E-state index contributed by atoms with van der Waals surface area (Å²) in [5.74, 6) is -0.915. The molecule has 2 saturated carbocycles. The van der Waals surface area contributed by atoms with Gasteiger partial charge in [-0.15, -0.1) is 0 Å². The van der Waals surface area contributed by atoms with Crippen LogP contribution >= 0.6 is 0 Å². The summed E-state index contributed by atoms with van der Waals surface area (Å²) in [7, 11) is 0. The fourth-order valence-corrected chi connectivity index (χ4v) is 2.82. The number of hydrogen-bond acceptors (Lipinski definition) is 2. The summed E-state index contributed by atoms with van der Waals surface area (Å²) in [4.78, 5) is 26.8. The van der Waals surface area contributed by atoms with Crippen molar-refractivity contribution < 1.29 is 14.7 Å². The Morgan fingerprint density at radius 3 is 2.06 bits per heavy atom. The molecule has 2 aliphatic carbocycles.